The zero-order chi connectivity index (χ0) is 22.6. The van der Waals surface area contributed by atoms with Crippen molar-refractivity contribution in [2.24, 2.45) is 17.2 Å². The van der Waals surface area contributed by atoms with Gasteiger partial charge in [-0.05, 0) is 20.8 Å². The summed E-state index contributed by atoms with van der Waals surface area (Å²) < 4.78 is 0. The summed E-state index contributed by atoms with van der Waals surface area (Å²) >= 11 is 0. The van der Waals surface area contributed by atoms with Crippen molar-refractivity contribution in [3.05, 3.63) is 0 Å². The van der Waals surface area contributed by atoms with Gasteiger partial charge in [0.2, 0.25) is 0 Å². The molecule has 0 aromatic carbocycles. The Morgan fingerprint density at radius 2 is 0.778 bits per heavy atom. The van der Waals surface area contributed by atoms with E-state index in [9.17, 15) is 14.4 Å². The Labute approximate surface area is 158 Å². The molecule has 0 spiro atoms. The summed E-state index contributed by atoms with van der Waals surface area (Å²) in [5.74, 6) is 0.0972. The average molecular weight is 401 g/mol. The zero-order valence-electron chi connectivity index (χ0n) is 16.0. The predicted octanol–water partition coefficient (Wildman–Crippen LogP) is -4.98. The van der Waals surface area contributed by atoms with Crippen molar-refractivity contribution in [3.63, 3.8) is 0 Å². The Hall–Kier alpha value is -1.35. The first-order valence-electron chi connectivity index (χ1n) is 7.88. The fourth-order valence-corrected chi connectivity index (χ4v) is 0.671. The lowest BCUT2D eigenvalue weighted by Crippen LogP contribution is -2.46. The first-order chi connectivity index (χ1) is 12.4. The van der Waals surface area contributed by atoms with Crippen LogP contribution < -0.4 is 17.2 Å². The van der Waals surface area contributed by atoms with Crippen molar-refractivity contribution >= 4 is 17.3 Å². The molecule has 0 amide bonds. The Morgan fingerprint density at radius 1 is 0.630 bits per heavy atom. The molecule has 0 fully saturated rings. The van der Waals surface area contributed by atoms with Crippen LogP contribution in [0, 0.1) is 0 Å². The first kappa shape index (κ1) is 33.3. The van der Waals surface area contributed by atoms with Crippen molar-refractivity contribution in [2.45, 2.75) is 45.2 Å². The molecule has 27 heavy (non-hydrogen) atoms. The number of hydrogen-bond donors (Lipinski definition) is 9. The minimum atomic E-state index is -1.67. The molecule has 0 saturated heterocycles. The quantitative estimate of drug-likeness (QED) is 0.185. The molecule has 12 heteroatoms. The molecule has 0 aromatic heterocycles. The van der Waals surface area contributed by atoms with Crippen LogP contribution in [-0.2, 0) is 14.4 Å². The van der Waals surface area contributed by atoms with Crippen LogP contribution in [0.25, 0.3) is 0 Å². The highest BCUT2D eigenvalue weighted by atomic mass is 16.4. The minimum absolute atomic E-state index is 0.0324. The molecule has 0 bridgehead atoms. The SMILES string of the molecule is CC(=O)CN.CC(=O)CN.CC(=O)CN.OC[C@@H](O)[C@H](O)[C@H](O)[C@@H](O)CO. The number of carbonyl (C=O) groups excluding carboxylic acids is 3. The van der Waals surface area contributed by atoms with Gasteiger partial charge < -0.3 is 47.8 Å². The standard InChI is InChI=1S/C6H14O6.3C3H7NO/c7-1-3(9)5(11)6(12)4(10)2-8;3*1-3(5)2-4/h3-12H,1-2H2;3*2,4H2,1H3/t3-,4+,5+,6-;;;. The molecule has 0 radical (unpaired) electrons. The monoisotopic (exact) mass is 401 g/mol. The van der Waals surface area contributed by atoms with Gasteiger partial charge in [0, 0.05) is 0 Å². The van der Waals surface area contributed by atoms with Gasteiger partial charge in [-0.1, -0.05) is 0 Å². The molecule has 164 valence electrons. The number of nitrogens with two attached hydrogens (primary N) is 3. The second-order valence-corrected chi connectivity index (χ2v) is 5.20. The smallest absolute Gasteiger partial charge is 0.143 e. The number of hydrogen-bond acceptors (Lipinski definition) is 12. The summed E-state index contributed by atoms with van der Waals surface area (Å²) in [4.78, 5) is 29.1. The van der Waals surface area contributed by atoms with E-state index in [4.69, 9.17) is 47.8 Å². The van der Waals surface area contributed by atoms with Crippen LogP contribution in [0.4, 0.5) is 0 Å². The van der Waals surface area contributed by atoms with Crippen LogP contribution >= 0.6 is 0 Å². The summed E-state index contributed by atoms with van der Waals surface area (Å²) in [6, 6.07) is 0. The van der Waals surface area contributed by atoms with Gasteiger partial charge >= 0.3 is 0 Å². The van der Waals surface area contributed by atoms with Crippen LogP contribution in [0.2, 0.25) is 0 Å². The number of rotatable bonds is 8. The third-order valence-corrected chi connectivity index (χ3v) is 2.37. The largest absolute Gasteiger partial charge is 0.394 e. The van der Waals surface area contributed by atoms with Crippen LogP contribution in [0.5, 0.6) is 0 Å². The molecule has 0 saturated carbocycles. The maximum Gasteiger partial charge on any atom is 0.143 e. The Kier molecular flexibility index (Phi) is 27.9. The molecule has 12 nitrogen and oxygen atoms in total. The van der Waals surface area contributed by atoms with Gasteiger partial charge in [0.25, 0.3) is 0 Å². The summed E-state index contributed by atoms with van der Waals surface area (Å²) in [6.45, 7) is 3.42. The van der Waals surface area contributed by atoms with Gasteiger partial charge in [0.1, 0.15) is 41.8 Å². The Balaban J connectivity index is -0.000000147. The molecule has 4 atom stereocenters. The summed E-state index contributed by atoms with van der Waals surface area (Å²) in [6.07, 6.45) is -6.39. The number of ketones is 3. The van der Waals surface area contributed by atoms with Crippen LogP contribution in [0.15, 0.2) is 0 Å². The van der Waals surface area contributed by atoms with Gasteiger partial charge in [-0.3, -0.25) is 14.4 Å². The molecule has 12 N–H and O–H groups in total. The highest BCUT2D eigenvalue weighted by molar-refractivity contribution is 5.77. The van der Waals surface area contributed by atoms with Gasteiger partial charge in [0.15, 0.2) is 0 Å². The predicted molar refractivity (Wildman–Crippen MR) is 97.4 cm³/mol. The highest BCUT2D eigenvalue weighted by Crippen LogP contribution is 2.03. The number of aliphatic hydroxyl groups is 6. The topological polar surface area (TPSA) is 251 Å². The van der Waals surface area contributed by atoms with Gasteiger partial charge in [-0.2, -0.15) is 0 Å². The Morgan fingerprint density at radius 3 is 0.852 bits per heavy atom. The molecule has 0 aliphatic carbocycles. The third-order valence-electron chi connectivity index (χ3n) is 2.37. The van der Waals surface area contributed by atoms with E-state index in [1.807, 2.05) is 0 Å². The summed E-state index contributed by atoms with van der Waals surface area (Å²) in [7, 11) is 0. The second-order valence-electron chi connectivity index (χ2n) is 5.20. The van der Waals surface area contributed by atoms with E-state index in [-0.39, 0.29) is 37.0 Å². The van der Waals surface area contributed by atoms with Crippen molar-refractivity contribution in [2.75, 3.05) is 32.8 Å². The zero-order valence-corrected chi connectivity index (χ0v) is 16.0. The van der Waals surface area contributed by atoms with E-state index in [1.165, 1.54) is 20.8 Å². The van der Waals surface area contributed by atoms with Crippen LogP contribution in [-0.4, -0.2) is 105 Å². The van der Waals surface area contributed by atoms with Crippen LogP contribution in [0.3, 0.4) is 0 Å². The van der Waals surface area contributed by atoms with E-state index < -0.39 is 37.6 Å². The van der Waals surface area contributed by atoms with E-state index in [0.717, 1.165) is 0 Å². The van der Waals surface area contributed by atoms with Gasteiger partial charge in [-0.15, -0.1) is 0 Å². The highest BCUT2D eigenvalue weighted by Gasteiger charge is 2.29. The molecule has 0 aliphatic heterocycles. The molecular formula is C15H35N3O9. The molecule has 0 unspecified atom stereocenters. The average Bonchev–Trinajstić information content (AvgIpc) is 2.66. The van der Waals surface area contributed by atoms with E-state index in [1.54, 1.807) is 0 Å². The lowest BCUT2D eigenvalue weighted by molar-refractivity contribution is -0.123. The van der Waals surface area contributed by atoms with Crippen molar-refractivity contribution in [3.8, 4) is 0 Å². The summed E-state index contributed by atoms with van der Waals surface area (Å²) in [5.41, 5.74) is 14.5. The first-order valence-corrected chi connectivity index (χ1v) is 7.88. The second kappa shape index (κ2) is 22.7. The molecule has 0 aliphatic rings. The van der Waals surface area contributed by atoms with E-state index in [0.29, 0.717) is 0 Å². The van der Waals surface area contributed by atoms with Crippen molar-refractivity contribution < 1.29 is 45.0 Å². The van der Waals surface area contributed by atoms with Crippen molar-refractivity contribution in [1.29, 1.82) is 0 Å². The van der Waals surface area contributed by atoms with E-state index >= 15 is 0 Å². The lowest BCUT2D eigenvalue weighted by Gasteiger charge is -2.24. The van der Waals surface area contributed by atoms with Crippen LogP contribution in [0.1, 0.15) is 20.8 Å². The number of aliphatic hydroxyl groups excluding tert-OH is 6. The van der Waals surface area contributed by atoms with Gasteiger partial charge in [0.05, 0.1) is 32.8 Å². The van der Waals surface area contributed by atoms with Crippen molar-refractivity contribution in [1.82, 2.24) is 0 Å². The molecule has 0 rings (SSSR count). The lowest BCUT2D eigenvalue weighted by atomic mass is 10.0. The number of carbonyl (C=O) groups is 3. The fourth-order valence-electron chi connectivity index (χ4n) is 0.671. The molecule has 0 heterocycles. The Bertz CT molecular complexity index is 336. The maximum atomic E-state index is 9.69. The van der Waals surface area contributed by atoms with E-state index in [2.05, 4.69) is 0 Å². The summed E-state index contributed by atoms with van der Waals surface area (Å²) in [5, 5.41) is 52.2. The third kappa shape index (κ3) is 29.7. The molecule has 0 aromatic rings. The normalized spacial score (nSPS) is 13.8. The molecular weight excluding hydrogens is 366 g/mol. The van der Waals surface area contributed by atoms with Gasteiger partial charge in [-0.25, -0.2) is 0 Å². The number of Topliss-reactive ketones (excluding diaryl/α,β-unsaturated/α-hetero) is 3. The minimum Gasteiger partial charge on any atom is -0.394 e. The maximum absolute atomic E-state index is 9.69. The fraction of sp³-hybridized carbons (Fsp3) is 0.800.